The van der Waals surface area contributed by atoms with Crippen LogP contribution in [0.25, 0.3) is 22.6 Å². The third-order valence-corrected chi connectivity index (χ3v) is 4.60. The van der Waals surface area contributed by atoms with Crippen LogP contribution in [0, 0.1) is 0 Å². The molecule has 0 saturated carbocycles. The minimum atomic E-state index is -0.0143. The van der Waals surface area contributed by atoms with E-state index in [1.54, 1.807) is 4.57 Å². The van der Waals surface area contributed by atoms with Gasteiger partial charge < -0.3 is 4.98 Å². The highest BCUT2D eigenvalue weighted by Crippen LogP contribution is 2.20. The molecule has 3 aromatic rings. The van der Waals surface area contributed by atoms with Gasteiger partial charge in [0.15, 0.2) is 11.2 Å². The van der Waals surface area contributed by atoms with E-state index in [0.717, 1.165) is 50.0 Å². The molecule has 5 nitrogen and oxygen atoms in total. The molecule has 0 radical (unpaired) electrons. The van der Waals surface area contributed by atoms with Crippen LogP contribution in [0.15, 0.2) is 29.1 Å². The highest BCUT2D eigenvalue weighted by Gasteiger charge is 2.17. The first kappa shape index (κ1) is 14.2. The van der Waals surface area contributed by atoms with Crippen LogP contribution in [0.2, 0.25) is 0 Å². The first-order chi connectivity index (χ1) is 11.3. The van der Waals surface area contributed by atoms with Crippen LogP contribution in [-0.4, -0.2) is 19.5 Å². The van der Waals surface area contributed by atoms with Crippen LogP contribution in [0.1, 0.15) is 37.6 Å². The van der Waals surface area contributed by atoms with Crippen LogP contribution in [-0.2, 0) is 19.4 Å². The maximum absolute atomic E-state index is 12.7. The summed E-state index contributed by atoms with van der Waals surface area (Å²) in [6.07, 6.45) is 5.16. The van der Waals surface area contributed by atoms with Crippen molar-refractivity contribution < 1.29 is 0 Å². The Kier molecular flexibility index (Phi) is 3.48. The summed E-state index contributed by atoms with van der Waals surface area (Å²) in [5.74, 6) is 1.60. The molecule has 3 heterocycles. The van der Waals surface area contributed by atoms with E-state index >= 15 is 0 Å². The fourth-order valence-electron chi connectivity index (χ4n) is 3.21. The maximum atomic E-state index is 12.7. The van der Waals surface area contributed by atoms with Gasteiger partial charge in [0.2, 0.25) is 0 Å². The number of aromatic nitrogens is 4. The number of hydrogen-bond acceptors (Lipinski definition) is 3. The Bertz CT molecular complexity index is 905. The number of nitrogens with zero attached hydrogens (tertiary/aromatic N) is 3. The van der Waals surface area contributed by atoms with Gasteiger partial charge in [-0.2, -0.15) is 0 Å². The zero-order chi connectivity index (χ0) is 15.8. The van der Waals surface area contributed by atoms with E-state index in [2.05, 4.69) is 34.0 Å². The molecule has 23 heavy (non-hydrogen) atoms. The van der Waals surface area contributed by atoms with Crippen molar-refractivity contribution in [2.24, 2.45) is 0 Å². The summed E-state index contributed by atoms with van der Waals surface area (Å²) in [5, 5.41) is 0. The van der Waals surface area contributed by atoms with E-state index in [0.29, 0.717) is 17.0 Å². The fraction of sp³-hybridized carbons (Fsp3) is 0.389. The molecule has 1 aliphatic rings. The summed E-state index contributed by atoms with van der Waals surface area (Å²) in [6.45, 7) is 2.89. The van der Waals surface area contributed by atoms with Crippen molar-refractivity contribution in [3.63, 3.8) is 0 Å². The topological polar surface area (TPSA) is 63.6 Å². The Morgan fingerprint density at radius 1 is 1.13 bits per heavy atom. The molecule has 0 atom stereocenters. The standard InChI is InChI=1S/C18H20N4O/c1-2-12-7-9-13(10-8-12)16-20-15-17(21-16)19-14-6-4-3-5-11-22(14)18(15)23/h7-10H,2-6,11H2,1H3,(H,20,21). The van der Waals surface area contributed by atoms with Crippen molar-refractivity contribution in [3.05, 3.63) is 46.0 Å². The number of aromatic amines is 1. The van der Waals surface area contributed by atoms with Crippen molar-refractivity contribution in [2.75, 3.05) is 0 Å². The Hall–Kier alpha value is -2.43. The summed E-state index contributed by atoms with van der Waals surface area (Å²) < 4.78 is 1.81. The molecule has 0 aliphatic carbocycles. The molecule has 1 aromatic carbocycles. The summed E-state index contributed by atoms with van der Waals surface area (Å²) in [5.41, 5.74) is 3.32. The zero-order valence-electron chi connectivity index (χ0n) is 13.3. The van der Waals surface area contributed by atoms with Gasteiger partial charge in [-0.25, -0.2) is 9.97 Å². The highest BCUT2D eigenvalue weighted by molar-refractivity contribution is 5.75. The number of aryl methyl sites for hydroxylation is 2. The van der Waals surface area contributed by atoms with Crippen molar-refractivity contribution in [1.82, 2.24) is 19.5 Å². The van der Waals surface area contributed by atoms with E-state index in [4.69, 9.17) is 0 Å². The smallest absolute Gasteiger partial charge is 0.281 e. The minimum absolute atomic E-state index is 0.0143. The molecule has 5 heteroatoms. The van der Waals surface area contributed by atoms with Gasteiger partial charge in [0, 0.05) is 18.5 Å². The molecule has 0 unspecified atom stereocenters. The van der Waals surface area contributed by atoms with E-state index in [1.807, 2.05) is 12.1 Å². The van der Waals surface area contributed by atoms with Gasteiger partial charge in [0.05, 0.1) is 0 Å². The summed E-state index contributed by atoms with van der Waals surface area (Å²) in [4.78, 5) is 25.1. The predicted octanol–water partition coefficient (Wildman–Crippen LogP) is 3.08. The van der Waals surface area contributed by atoms with Gasteiger partial charge in [-0.05, 0) is 24.8 Å². The highest BCUT2D eigenvalue weighted by atomic mass is 16.1. The van der Waals surface area contributed by atoms with Crippen LogP contribution in [0.4, 0.5) is 0 Å². The van der Waals surface area contributed by atoms with Crippen LogP contribution < -0.4 is 5.56 Å². The minimum Gasteiger partial charge on any atom is -0.322 e. The molecule has 0 saturated heterocycles. The quantitative estimate of drug-likeness (QED) is 0.791. The largest absolute Gasteiger partial charge is 0.322 e. The third kappa shape index (κ3) is 2.46. The number of H-pyrrole nitrogens is 1. The lowest BCUT2D eigenvalue weighted by Gasteiger charge is -2.06. The second-order valence-corrected chi connectivity index (χ2v) is 6.13. The average Bonchev–Trinajstić information content (AvgIpc) is 2.86. The van der Waals surface area contributed by atoms with Crippen LogP contribution >= 0.6 is 0 Å². The van der Waals surface area contributed by atoms with E-state index in [-0.39, 0.29) is 5.56 Å². The Labute approximate surface area is 134 Å². The number of benzene rings is 1. The first-order valence-electron chi connectivity index (χ1n) is 8.35. The Balaban J connectivity index is 1.84. The lowest BCUT2D eigenvalue weighted by Crippen LogP contribution is -2.24. The number of rotatable bonds is 2. The number of imidazole rings is 1. The second kappa shape index (κ2) is 5.65. The van der Waals surface area contributed by atoms with E-state index in [9.17, 15) is 4.79 Å². The van der Waals surface area contributed by atoms with Gasteiger partial charge >= 0.3 is 0 Å². The van der Waals surface area contributed by atoms with Crippen LogP contribution in [0.5, 0.6) is 0 Å². The fourth-order valence-corrected chi connectivity index (χ4v) is 3.21. The molecule has 0 fully saturated rings. The summed E-state index contributed by atoms with van der Waals surface area (Å²) >= 11 is 0. The Morgan fingerprint density at radius 3 is 2.74 bits per heavy atom. The SMILES string of the molecule is CCc1ccc(-c2nc3c(=O)n4c(nc3[nH]2)CCCCC4)cc1. The van der Waals surface area contributed by atoms with Gasteiger partial charge in [0.1, 0.15) is 11.6 Å². The van der Waals surface area contributed by atoms with Gasteiger partial charge in [0.25, 0.3) is 5.56 Å². The number of fused-ring (bicyclic) bond motifs is 2. The molecule has 0 bridgehead atoms. The molecule has 2 aromatic heterocycles. The monoisotopic (exact) mass is 308 g/mol. The molecule has 4 rings (SSSR count). The predicted molar refractivity (Wildman–Crippen MR) is 90.5 cm³/mol. The lowest BCUT2D eigenvalue weighted by atomic mass is 10.1. The second-order valence-electron chi connectivity index (χ2n) is 6.13. The molecule has 1 N–H and O–H groups in total. The van der Waals surface area contributed by atoms with Crippen molar-refractivity contribution in [2.45, 2.75) is 45.6 Å². The van der Waals surface area contributed by atoms with Gasteiger partial charge in [-0.15, -0.1) is 0 Å². The maximum Gasteiger partial charge on any atom is 0.281 e. The summed E-state index contributed by atoms with van der Waals surface area (Å²) in [6, 6.07) is 8.27. The molecule has 0 amide bonds. The van der Waals surface area contributed by atoms with E-state index in [1.165, 1.54) is 5.56 Å². The van der Waals surface area contributed by atoms with Crippen molar-refractivity contribution >= 4 is 11.2 Å². The molecule has 0 spiro atoms. The molecular formula is C18H20N4O. The summed E-state index contributed by atoms with van der Waals surface area (Å²) in [7, 11) is 0. The van der Waals surface area contributed by atoms with Crippen molar-refractivity contribution in [1.29, 1.82) is 0 Å². The number of hydrogen-bond donors (Lipinski definition) is 1. The normalized spacial score (nSPS) is 14.7. The number of nitrogens with one attached hydrogen (secondary N) is 1. The van der Waals surface area contributed by atoms with Crippen LogP contribution in [0.3, 0.4) is 0 Å². The lowest BCUT2D eigenvalue weighted by molar-refractivity contribution is 0.613. The third-order valence-electron chi connectivity index (χ3n) is 4.60. The van der Waals surface area contributed by atoms with Gasteiger partial charge in [-0.3, -0.25) is 9.36 Å². The van der Waals surface area contributed by atoms with Gasteiger partial charge in [-0.1, -0.05) is 37.6 Å². The van der Waals surface area contributed by atoms with Crippen molar-refractivity contribution in [3.8, 4) is 11.4 Å². The van der Waals surface area contributed by atoms with E-state index < -0.39 is 0 Å². The Morgan fingerprint density at radius 2 is 1.96 bits per heavy atom. The molecular weight excluding hydrogens is 288 g/mol. The molecule has 118 valence electrons. The first-order valence-corrected chi connectivity index (χ1v) is 8.35. The zero-order valence-corrected chi connectivity index (χ0v) is 13.3. The molecule has 1 aliphatic heterocycles. The average molecular weight is 308 g/mol.